The molecule has 0 fully saturated rings. The van der Waals surface area contributed by atoms with E-state index in [2.05, 4.69) is 0 Å². The first-order valence-corrected chi connectivity index (χ1v) is 11.3. The Balaban J connectivity index is 1.83. The highest BCUT2D eigenvalue weighted by Gasteiger charge is 2.34. The standard InChI is InChI=1S/C27H22O2S/c28-27(22-21-23-13-5-1-6-14-23)29-30(24-15-7-2-8-16-24,25-17-9-3-10-18-25)26-19-11-4-12-20-26/h1-22H/b22-21+. The van der Waals surface area contributed by atoms with Crippen LogP contribution in [0.3, 0.4) is 0 Å². The van der Waals surface area contributed by atoms with Crippen molar-refractivity contribution in [2.24, 2.45) is 0 Å². The second-order valence-electron chi connectivity index (χ2n) is 6.64. The van der Waals surface area contributed by atoms with E-state index in [9.17, 15) is 4.79 Å². The van der Waals surface area contributed by atoms with Gasteiger partial charge in [-0.15, -0.1) is 0 Å². The van der Waals surface area contributed by atoms with Crippen LogP contribution in [-0.4, -0.2) is 5.97 Å². The van der Waals surface area contributed by atoms with Crippen LogP contribution in [0.5, 0.6) is 0 Å². The fourth-order valence-electron chi connectivity index (χ4n) is 3.27. The lowest BCUT2D eigenvalue weighted by Crippen LogP contribution is -2.12. The quantitative estimate of drug-likeness (QED) is 0.316. The van der Waals surface area contributed by atoms with Gasteiger partial charge in [0.1, 0.15) is 0 Å². The maximum atomic E-state index is 13.1. The van der Waals surface area contributed by atoms with E-state index in [0.29, 0.717) is 0 Å². The first-order valence-electron chi connectivity index (χ1n) is 9.74. The molecular formula is C27H22O2S. The molecule has 0 aliphatic heterocycles. The van der Waals surface area contributed by atoms with Crippen LogP contribution in [0, 0.1) is 0 Å². The summed E-state index contributed by atoms with van der Waals surface area (Å²) in [5.74, 6) is -0.370. The average molecular weight is 411 g/mol. The molecule has 0 saturated carbocycles. The second kappa shape index (κ2) is 9.29. The van der Waals surface area contributed by atoms with Crippen molar-refractivity contribution < 1.29 is 8.98 Å². The summed E-state index contributed by atoms with van der Waals surface area (Å²) in [5, 5.41) is 0. The Kier molecular flexibility index (Phi) is 6.11. The Morgan fingerprint density at radius 3 is 1.33 bits per heavy atom. The molecule has 0 unspecified atom stereocenters. The van der Waals surface area contributed by atoms with Crippen molar-refractivity contribution in [3.8, 4) is 0 Å². The van der Waals surface area contributed by atoms with E-state index in [1.165, 1.54) is 6.08 Å². The van der Waals surface area contributed by atoms with Gasteiger partial charge in [0.2, 0.25) is 0 Å². The van der Waals surface area contributed by atoms with Crippen molar-refractivity contribution in [1.29, 1.82) is 0 Å². The Hall–Kier alpha value is -3.56. The molecule has 148 valence electrons. The van der Waals surface area contributed by atoms with Crippen LogP contribution in [0.2, 0.25) is 0 Å². The van der Waals surface area contributed by atoms with Gasteiger partial charge in [-0.2, -0.15) is 0 Å². The maximum Gasteiger partial charge on any atom is 0.342 e. The molecule has 4 aromatic carbocycles. The molecule has 30 heavy (non-hydrogen) atoms. The van der Waals surface area contributed by atoms with Crippen molar-refractivity contribution in [2.45, 2.75) is 14.7 Å². The molecule has 0 aliphatic rings. The molecule has 4 aromatic rings. The molecule has 2 nitrogen and oxygen atoms in total. The number of benzene rings is 4. The Morgan fingerprint density at radius 2 is 0.933 bits per heavy atom. The maximum absolute atomic E-state index is 13.1. The van der Waals surface area contributed by atoms with E-state index < -0.39 is 10.3 Å². The molecule has 0 N–H and O–H groups in total. The summed E-state index contributed by atoms with van der Waals surface area (Å²) in [7, 11) is -2.24. The van der Waals surface area contributed by atoms with Gasteiger partial charge in [0.05, 0.1) is 0 Å². The number of carbonyl (C=O) groups excluding carboxylic acids is 1. The SMILES string of the molecule is O=C(/C=C/c1ccccc1)OS(c1ccccc1)(c1ccccc1)c1ccccc1. The van der Waals surface area contributed by atoms with Crippen LogP contribution in [0.4, 0.5) is 0 Å². The lowest BCUT2D eigenvalue weighted by molar-refractivity contribution is -0.128. The predicted octanol–water partition coefficient (Wildman–Crippen LogP) is 7.14. The van der Waals surface area contributed by atoms with Gasteiger partial charge in [-0.3, -0.25) is 0 Å². The van der Waals surface area contributed by atoms with E-state index in [1.54, 1.807) is 6.08 Å². The molecule has 0 heterocycles. The first-order chi connectivity index (χ1) is 14.8. The Morgan fingerprint density at radius 1 is 0.567 bits per heavy atom. The zero-order valence-corrected chi connectivity index (χ0v) is 17.2. The van der Waals surface area contributed by atoms with Crippen LogP contribution < -0.4 is 0 Å². The fraction of sp³-hybridized carbons (Fsp3) is 0. The van der Waals surface area contributed by atoms with Gasteiger partial charge < -0.3 is 4.18 Å². The smallest absolute Gasteiger partial charge is 0.342 e. The van der Waals surface area contributed by atoms with E-state index in [1.807, 2.05) is 121 Å². The van der Waals surface area contributed by atoms with Crippen LogP contribution in [0.25, 0.3) is 6.08 Å². The zero-order valence-electron chi connectivity index (χ0n) is 16.4. The number of carbonyl (C=O) groups is 1. The number of rotatable bonds is 6. The number of hydrogen-bond acceptors (Lipinski definition) is 2. The largest absolute Gasteiger partial charge is 0.399 e. The highest BCUT2D eigenvalue weighted by Crippen LogP contribution is 2.69. The van der Waals surface area contributed by atoms with E-state index >= 15 is 0 Å². The minimum absolute atomic E-state index is 0.370. The van der Waals surface area contributed by atoms with Gasteiger partial charge in [0.15, 0.2) is 0 Å². The highest BCUT2D eigenvalue weighted by atomic mass is 32.3. The summed E-state index contributed by atoms with van der Waals surface area (Å²) < 4.78 is 6.38. The van der Waals surface area contributed by atoms with E-state index in [-0.39, 0.29) is 5.97 Å². The van der Waals surface area contributed by atoms with Crippen LogP contribution in [0.15, 0.2) is 142 Å². The summed E-state index contributed by atoms with van der Waals surface area (Å²) in [6, 6.07) is 39.7. The molecule has 0 aliphatic carbocycles. The average Bonchev–Trinajstić information content (AvgIpc) is 2.83. The van der Waals surface area contributed by atoms with Crippen molar-refractivity contribution in [3.05, 3.63) is 133 Å². The topological polar surface area (TPSA) is 26.3 Å². The Labute approximate surface area is 179 Å². The van der Waals surface area contributed by atoms with Crippen molar-refractivity contribution in [1.82, 2.24) is 0 Å². The van der Waals surface area contributed by atoms with E-state index in [4.69, 9.17) is 4.18 Å². The normalized spacial score (nSPS) is 11.9. The third kappa shape index (κ3) is 4.22. The summed E-state index contributed by atoms with van der Waals surface area (Å²) in [6.07, 6.45) is 3.29. The fourth-order valence-corrected chi connectivity index (χ4v) is 6.30. The highest BCUT2D eigenvalue weighted by molar-refractivity contribution is 8.30. The second-order valence-corrected chi connectivity index (χ2v) is 9.33. The number of hydrogen-bond donors (Lipinski definition) is 0. The van der Waals surface area contributed by atoms with Gasteiger partial charge >= 0.3 is 5.97 Å². The molecule has 0 amide bonds. The van der Waals surface area contributed by atoms with Crippen LogP contribution in [-0.2, 0) is 8.98 Å². The van der Waals surface area contributed by atoms with Crippen LogP contribution >= 0.6 is 10.3 Å². The molecule has 0 radical (unpaired) electrons. The summed E-state index contributed by atoms with van der Waals surface area (Å²) in [4.78, 5) is 16.0. The monoisotopic (exact) mass is 410 g/mol. The van der Waals surface area contributed by atoms with Crippen molar-refractivity contribution in [3.63, 3.8) is 0 Å². The van der Waals surface area contributed by atoms with E-state index in [0.717, 1.165) is 20.2 Å². The van der Waals surface area contributed by atoms with Gasteiger partial charge in [-0.25, -0.2) is 4.79 Å². The molecule has 0 bridgehead atoms. The minimum Gasteiger partial charge on any atom is -0.399 e. The Bertz CT molecular complexity index is 1010. The third-order valence-electron chi connectivity index (χ3n) is 4.64. The third-order valence-corrected chi connectivity index (χ3v) is 7.87. The lowest BCUT2D eigenvalue weighted by Gasteiger charge is -2.39. The van der Waals surface area contributed by atoms with Crippen molar-refractivity contribution >= 4 is 22.4 Å². The van der Waals surface area contributed by atoms with Crippen molar-refractivity contribution in [2.75, 3.05) is 0 Å². The zero-order chi connectivity index (χ0) is 20.7. The van der Waals surface area contributed by atoms with Gasteiger partial charge in [0, 0.05) is 20.8 Å². The van der Waals surface area contributed by atoms with Gasteiger partial charge in [0.25, 0.3) is 0 Å². The molecule has 3 heteroatoms. The lowest BCUT2D eigenvalue weighted by atomic mass is 10.2. The predicted molar refractivity (Wildman–Crippen MR) is 123 cm³/mol. The van der Waals surface area contributed by atoms with Gasteiger partial charge in [-0.1, -0.05) is 84.9 Å². The summed E-state index contributed by atoms with van der Waals surface area (Å²) in [6.45, 7) is 0. The van der Waals surface area contributed by atoms with Gasteiger partial charge in [-0.05, 0) is 58.3 Å². The van der Waals surface area contributed by atoms with Crippen LogP contribution in [0.1, 0.15) is 5.56 Å². The molecule has 0 spiro atoms. The molecular weight excluding hydrogens is 388 g/mol. The summed E-state index contributed by atoms with van der Waals surface area (Å²) in [5.41, 5.74) is 0.953. The first kappa shape index (κ1) is 19.7. The molecule has 4 rings (SSSR count). The molecule has 0 atom stereocenters. The molecule has 0 saturated heterocycles. The minimum atomic E-state index is -2.24. The molecule has 0 aromatic heterocycles. The summed E-state index contributed by atoms with van der Waals surface area (Å²) >= 11 is 0.